The van der Waals surface area contributed by atoms with Gasteiger partial charge in [0.2, 0.25) is 0 Å². The van der Waals surface area contributed by atoms with E-state index in [1.807, 2.05) is 58.2 Å². The van der Waals surface area contributed by atoms with E-state index in [-0.39, 0.29) is 11.9 Å². The SMILES string of the molecule is CNC(C)CNC(=O)c1cc(C)n(-c2ccc(Br)cc2)c1C. The van der Waals surface area contributed by atoms with Crippen LogP contribution in [0.4, 0.5) is 0 Å². The minimum atomic E-state index is -0.0291. The predicted molar refractivity (Wildman–Crippen MR) is 93.8 cm³/mol. The van der Waals surface area contributed by atoms with Gasteiger partial charge in [-0.3, -0.25) is 4.79 Å². The smallest absolute Gasteiger partial charge is 0.253 e. The van der Waals surface area contributed by atoms with Gasteiger partial charge < -0.3 is 15.2 Å². The molecule has 2 N–H and O–H groups in total. The standard InChI is InChI=1S/C17H22BrN3O/c1-11(19-4)10-20-17(22)16-9-12(2)21(13(16)3)15-7-5-14(18)6-8-15/h5-9,11,19H,10H2,1-4H3,(H,20,22). The van der Waals surface area contributed by atoms with Crippen LogP contribution in [0.3, 0.4) is 0 Å². The largest absolute Gasteiger partial charge is 0.350 e. The van der Waals surface area contributed by atoms with Crippen LogP contribution in [0.1, 0.15) is 28.7 Å². The van der Waals surface area contributed by atoms with Gasteiger partial charge in [0, 0.05) is 34.1 Å². The van der Waals surface area contributed by atoms with Crippen molar-refractivity contribution in [3.8, 4) is 5.69 Å². The van der Waals surface area contributed by atoms with E-state index in [2.05, 4.69) is 31.1 Å². The van der Waals surface area contributed by atoms with Gasteiger partial charge in [-0.05, 0) is 58.2 Å². The van der Waals surface area contributed by atoms with Crippen molar-refractivity contribution in [2.24, 2.45) is 0 Å². The molecule has 0 saturated carbocycles. The molecule has 1 unspecified atom stereocenters. The van der Waals surface area contributed by atoms with Crippen molar-refractivity contribution in [2.45, 2.75) is 26.8 Å². The Morgan fingerprint density at radius 1 is 1.27 bits per heavy atom. The van der Waals surface area contributed by atoms with Gasteiger partial charge in [0.25, 0.3) is 5.91 Å². The number of halogens is 1. The van der Waals surface area contributed by atoms with Crippen LogP contribution in [0.2, 0.25) is 0 Å². The summed E-state index contributed by atoms with van der Waals surface area (Å²) in [6, 6.07) is 10.3. The molecule has 0 radical (unpaired) electrons. The summed E-state index contributed by atoms with van der Waals surface area (Å²) < 4.78 is 3.14. The van der Waals surface area contributed by atoms with E-state index in [1.165, 1.54) is 0 Å². The van der Waals surface area contributed by atoms with E-state index in [1.54, 1.807) is 0 Å². The van der Waals surface area contributed by atoms with Crippen LogP contribution in [0.15, 0.2) is 34.8 Å². The molecule has 1 amide bonds. The average molecular weight is 364 g/mol. The maximum Gasteiger partial charge on any atom is 0.253 e. The van der Waals surface area contributed by atoms with Crippen molar-refractivity contribution in [3.05, 3.63) is 51.8 Å². The number of carbonyl (C=O) groups is 1. The van der Waals surface area contributed by atoms with Gasteiger partial charge in [-0.1, -0.05) is 15.9 Å². The fraction of sp³-hybridized carbons (Fsp3) is 0.353. The van der Waals surface area contributed by atoms with E-state index in [0.717, 1.165) is 27.1 Å². The third kappa shape index (κ3) is 3.59. The molecule has 1 atom stereocenters. The number of aromatic nitrogens is 1. The lowest BCUT2D eigenvalue weighted by Crippen LogP contribution is -2.37. The lowest BCUT2D eigenvalue weighted by molar-refractivity contribution is 0.0950. The molecule has 0 aliphatic rings. The van der Waals surface area contributed by atoms with Crippen LogP contribution in [0.25, 0.3) is 5.69 Å². The lowest BCUT2D eigenvalue weighted by Gasteiger charge is -2.12. The zero-order valence-electron chi connectivity index (χ0n) is 13.4. The van der Waals surface area contributed by atoms with Gasteiger partial charge in [-0.25, -0.2) is 0 Å². The van der Waals surface area contributed by atoms with Crippen molar-refractivity contribution >= 4 is 21.8 Å². The van der Waals surface area contributed by atoms with Gasteiger partial charge in [0.05, 0.1) is 5.56 Å². The average Bonchev–Trinajstić information content (AvgIpc) is 2.80. The molecule has 118 valence electrons. The minimum absolute atomic E-state index is 0.0291. The molecule has 1 aromatic carbocycles. The number of hydrogen-bond donors (Lipinski definition) is 2. The number of benzene rings is 1. The summed E-state index contributed by atoms with van der Waals surface area (Å²) in [5, 5.41) is 6.08. The van der Waals surface area contributed by atoms with Gasteiger partial charge in [-0.15, -0.1) is 0 Å². The molecule has 4 nitrogen and oxygen atoms in total. The summed E-state index contributed by atoms with van der Waals surface area (Å²) in [5.74, 6) is -0.0291. The van der Waals surface area contributed by atoms with Crippen LogP contribution in [0.5, 0.6) is 0 Å². The Kier molecular flexibility index (Phi) is 5.42. The number of likely N-dealkylation sites (N-methyl/N-ethyl adjacent to an activating group) is 1. The molecule has 2 rings (SSSR count). The van der Waals surface area contributed by atoms with Crippen molar-refractivity contribution in [2.75, 3.05) is 13.6 Å². The van der Waals surface area contributed by atoms with E-state index in [0.29, 0.717) is 6.54 Å². The first-order chi connectivity index (χ1) is 10.4. The third-order valence-electron chi connectivity index (χ3n) is 3.82. The Hall–Kier alpha value is -1.59. The summed E-state index contributed by atoms with van der Waals surface area (Å²) in [4.78, 5) is 12.4. The minimum Gasteiger partial charge on any atom is -0.350 e. The fourth-order valence-corrected chi connectivity index (χ4v) is 2.69. The molecule has 0 bridgehead atoms. The number of rotatable bonds is 5. The predicted octanol–water partition coefficient (Wildman–Crippen LogP) is 3.19. The van der Waals surface area contributed by atoms with Crippen LogP contribution in [-0.2, 0) is 0 Å². The molecular weight excluding hydrogens is 342 g/mol. The number of nitrogens with zero attached hydrogens (tertiary/aromatic N) is 1. The maximum atomic E-state index is 12.4. The van der Waals surface area contributed by atoms with Gasteiger partial charge in [0.15, 0.2) is 0 Å². The number of nitrogens with one attached hydrogen (secondary N) is 2. The second kappa shape index (κ2) is 7.11. The van der Waals surface area contributed by atoms with E-state index in [4.69, 9.17) is 0 Å². The van der Waals surface area contributed by atoms with Crippen molar-refractivity contribution < 1.29 is 4.79 Å². The molecule has 0 aliphatic carbocycles. The molecule has 0 aliphatic heterocycles. The number of aryl methyl sites for hydroxylation is 1. The first kappa shape index (κ1) is 16.8. The Morgan fingerprint density at radius 2 is 1.91 bits per heavy atom. The number of carbonyl (C=O) groups excluding carboxylic acids is 1. The van der Waals surface area contributed by atoms with E-state index < -0.39 is 0 Å². The van der Waals surface area contributed by atoms with Crippen molar-refractivity contribution in [3.63, 3.8) is 0 Å². The molecule has 1 heterocycles. The summed E-state index contributed by atoms with van der Waals surface area (Å²) in [6.07, 6.45) is 0. The normalized spacial score (nSPS) is 12.2. The summed E-state index contributed by atoms with van der Waals surface area (Å²) in [7, 11) is 1.89. The Labute approximate surface area is 140 Å². The van der Waals surface area contributed by atoms with Crippen LogP contribution in [-0.4, -0.2) is 30.1 Å². The molecule has 0 spiro atoms. The Bertz CT molecular complexity index is 661. The summed E-state index contributed by atoms with van der Waals surface area (Å²) >= 11 is 3.45. The van der Waals surface area contributed by atoms with Gasteiger partial charge in [0.1, 0.15) is 0 Å². The van der Waals surface area contributed by atoms with E-state index in [9.17, 15) is 4.79 Å². The monoisotopic (exact) mass is 363 g/mol. The fourth-order valence-electron chi connectivity index (χ4n) is 2.42. The summed E-state index contributed by atoms with van der Waals surface area (Å²) in [6.45, 7) is 6.64. The first-order valence-corrected chi connectivity index (χ1v) is 8.13. The second-order valence-electron chi connectivity index (χ2n) is 5.50. The molecular formula is C17H22BrN3O. The lowest BCUT2D eigenvalue weighted by atomic mass is 10.2. The Morgan fingerprint density at radius 3 is 2.50 bits per heavy atom. The zero-order valence-corrected chi connectivity index (χ0v) is 15.0. The molecule has 5 heteroatoms. The molecule has 1 aromatic heterocycles. The van der Waals surface area contributed by atoms with Gasteiger partial charge in [-0.2, -0.15) is 0 Å². The highest BCUT2D eigenvalue weighted by molar-refractivity contribution is 9.10. The second-order valence-corrected chi connectivity index (χ2v) is 6.41. The van der Waals surface area contributed by atoms with Crippen LogP contribution >= 0.6 is 15.9 Å². The quantitative estimate of drug-likeness (QED) is 0.856. The number of hydrogen-bond acceptors (Lipinski definition) is 2. The highest BCUT2D eigenvalue weighted by atomic mass is 79.9. The molecule has 2 aromatic rings. The topological polar surface area (TPSA) is 46.1 Å². The van der Waals surface area contributed by atoms with Crippen molar-refractivity contribution in [1.82, 2.24) is 15.2 Å². The van der Waals surface area contributed by atoms with Crippen molar-refractivity contribution in [1.29, 1.82) is 0 Å². The highest BCUT2D eigenvalue weighted by Crippen LogP contribution is 2.22. The van der Waals surface area contributed by atoms with Crippen LogP contribution < -0.4 is 10.6 Å². The zero-order chi connectivity index (χ0) is 16.3. The van der Waals surface area contributed by atoms with Crippen LogP contribution in [0, 0.1) is 13.8 Å². The van der Waals surface area contributed by atoms with Gasteiger partial charge >= 0.3 is 0 Å². The maximum absolute atomic E-state index is 12.4. The molecule has 22 heavy (non-hydrogen) atoms. The highest BCUT2D eigenvalue weighted by Gasteiger charge is 2.16. The number of amides is 1. The first-order valence-electron chi connectivity index (χ1n) is 7.34. The Balaban J connectivity index is 2.27. The third-order valence-corrected chi connectivity index (χ3v) is 4.35. The molecule has 0 saturated heterocycles. The summed E-state index contributed by atoms with van der Waals surface area (Å²) in [5.41, 5.74) is 3.78. The van der Waals surface area contributed by atoms with E-state index >= 15 is 0 Å². The molecule has 0 fully saturated rings.